The first-order valence-corrected chi connectivity index (χ1v) is 15.7. The third-order valence-electron chi connectivity index (χ3n) is 6.42. The van der Waals surface area contributed by atoms with Gasteiger partial charge in [-0.3, -0.25) is 4.79 Å². The van der Waals surface area contributed by atoms with Crippen LogP contribution in [0.2, 0.25) is 0 Å². The van der Waals surface area contributed by atoms with Crippen LogP contribution in [0, 0.1) is 0 Å². The van der Waals surface area contributed by atoms with Gasteiger partial charge in [0.25, 0.3) is 0 Å². The summed E-state index contributed by atoms with van der Waals surface area (Å²) in [7, 11) is 0. The molecule has 0 fully saturated rings. The fraction of sp³-hybridized carbons (Fsp3) is 0.735. The number of aliphatic hydroxyl groups is 1. The first-order valence-electron chi connectivity index (χ1n) is 15.7. The molecule has 0 aromatic carbocycles. The van der Waals surface area contributed by atoms with E-state index in [9.17, 15) is 9.90 Å². The number of carbonyl (C=O) groups is 1. The van der Waals surface area contributed by atoms with E-state index in [0.717, 1.165) is 64.2 Å². The van der Waals surface area contributed by atoms with E-state index in [0.29, 0.717) is 13.0 Å². The van der Waals surface area contributed by atoms with Gasteiger partial charge in [0.2, 0.25) is 0 Å². The zero-order chi connectivity index (χ0) is 27.8. The quantitative estimate of drug-likeness (QED) is 0.0619. The Morgan fingerprint density at radius 3 is 1.79 bits per heavy atom. The Balaban J connectivity index is 3.55. The SMILES string of the molecule is CC/C=C\C/C=C\C/C=C\C/C=C\CCCCCCC(=O)OC(CO)COCCCCCCCCCCC. The summed E-state index contributed by atoms with van der Waals surface area (Å²) in [4.78, 5) is 12.1. The maximum atomic E-state index is 12.1. The number of carbonyl (C=O) groups excluding carboxylic acids is 1. The van der Waals surface area contributed by atoms with Crippen molar-refractivity contribution < 1.29 is 19.4 Å². The Morgan fingerprint density at radius 2 is 1.18 bits per heavy atom. The van der Waals surface area contributed by atoms with Gasteiger partial charge in [-0.2, -0.15) is 0 Å². The van der Waals surface area contributed by atoms with Gasteiger partial charge in [0.05, 0.1) is 13.2 Å². The summed E-state index contributed by atoms with van der Waals surface area (Å²) in [5, 5.41) is 9.48. The molecule has 0 aromatic rings. The third-order valence-corrected chi connectivity index (χ3v) is 6.42. The van der Waals surface area contributed by atoms with Crippen LogP contribution in [0.15, 0.2) is 48.6 Å². The molecule has 0 spiro atoms. The Kier molecular flexibility index (Phi) is 30.2. The van der Waals surface area contributed by atoms with Gasteiger partial charge < -0.3 is 14.6 Å². The van der Waals surface area contributed by atoms with Gasteiger partial charge in [-0.15, -0.1) is 0 Å². The van der Waals surface area contributed by atoms with Gasteiger partial charge in [-0.05, 0) is 51.4 Å². The van der Waals surface area contributed by atoms with Crippen LogP contribution in [0.5, 0.6) is 0 Å². The first kappa shape index (κ1) is 36.4. The summed E-state index contributed by atoms with van der Waals surface area (Å²) in [6.45, 7) is 5.18. The molecule has 1 N–H and O–H groups in total. The van der Waals surface area contributed by atoms with Crippen LogP contribution in [0.1, 0.15) is 136 Å². The first-order chi connectivity index (χ1) is 18.7. The van der Waals surface area contributed by atoms with E-state index in [-0.39, 0.29) is 19.2 Å². The lowest BCUT2D eigenvalue weighted by Crippen LogP contribution is -2.27. The van der Waals surface area contributed by atoms with E-state index in [4.69, 9.17) is 9.47 Å². The molecule has 4 nitrogen and oxygen atoms in total. The van der Waals surface area contributed by atoms with E-state index < -0.39 is 6.10 Å². The number of rotatable bonds is 28. The molecular weight excluding hydrogens is 472 g/mol. The summed E-state index contributed by atoms with van der Waals surface area (Å²) < 4.78 is 11.0. The molecule has 0 saturated carbocycles. The van der Waals surface area contributed by atoms with Crippen molar-refractivity contribution in [2.45, 2.75) is 142 Å². The number of esters is 1. The Hall–Kier alpha value is -1.65. The second-order valence-electron chi connectivity index (χ2n) is 10.2. The minimum Gasteiger partial charge on any atom is -0.457 e. The highest BCUT2D eigenvalue weighted by Crippen LogP contribution is 2.10. The van der Waals surface area contributed by atoms with E-state index in [1.54, 1.807) is 0 Å². The molecule has 0 aliphatic rings. The monoisotopic (exact) mass is 532 g/mol. The zero-order valence-electron chi connectivity index (χ0n) is 24.9. The molecule has 0 radical (unpaired) electrons. The molecule has 1 unspecified atom stereocenters. The number of hydrogen-bond donors (Lipinski definition) is 1. The van der Waals surface area contributed by atoms with Gasteiger partial charge >= 0.3 is 5.97 Å². The van der Waals surface area contributed by atoms with Crippen molar-refractivity contribution in [3.63, 3.8) is 0 Å². The smallest absolute Gasteiger partial charge is 0.306 e. The van der Waals surface area contributed by atoms with Crippen molar-refractivity contribution in [1.29, 1.82) is 0 Å². The van der Waals surface area contributed by atoms with E-state index in [2.05, 4.69) is 62.5 Å². The lowest BCUT2D eigenvalue weighted by Gasteiger charge is -2.15. The summed E-state index contributed by atoms with van der Waals surface area (Å²) in [5.41, 5.74) is 0. The van der Waals surface area contributed by atoms with Gasteiger partial charge in [-0.25, -0.2) is 0 Å². The maximum absolute atomic E-state index is 12.1. The van der Waals surface area contributed by atoms with Crippen LogP contribution < -0.4 is 0 Å². The number of hydrogen-bond acceptors (Lipinski definition) is 4. The molecule has 0 heterocycles. The molecule has 0 aliphatic heterocycles. The Morgan fingerprint density at radius 1 is 0.658 bits per heavy atom. The number of aliphatic hydroxyl groups excluding tert-OH is 1. The van der Waals surface area contributed by atoms with Crippen molar-refractivity contribution in [2.75, 3.05) is 19.8 Å². The van der Waals surface area contributed by atoms with Gasteiger partial charge in [0.15, 0.2) is 0 Å². The molecule has 0 bridgehead atoms. The van der Waals surface area contributed by atoms with Gasteiger partial charge in [0, 0.05) is 13.0 Å². The predicted molar refractivity (Wildman–Crippen MR) is 163 cm³/mol. The molecule has 0 aliphatic carbocycles. The van der Waals surface area contributed by atoms with E-state index in [1.165, 1.54) is 51.4 Å². The molecule has 38 heavy (non-hydrogen) atoms. The minimum atomic E-state index is -0.542. The zero-order valence-corrected chi connectivity index (χ0v) is 24.9. The fourth-order valence-corrected chi connectivity index (χ4v) is 4.08. The highest BCUT2D eigenvalue weighted by atomic mass is 16.6. The largest absolute Gasteiger partial charge is 0.457 e. The molecule has 1 atom stereocenters. The van der Waals surface area contributed by atoms with Crippen LogP contribution in [0.25, 0.3) is 0 Å². The Labute approximate surface area is 235 Å². The second kappa shape index (κ2) is 31.6. The predicted octanol–water partition coefficient (Wildman–Crippen LogP) is 9.58. The van der Waals surface area contributed by atoms with Crippen LogP contribution in [0.3, 0.4) is 0 Å². The summed E-state index contributed by atoms with van der Waals surface area (Å²) in [5.74, 6) is -0.227. The number of allylic oxidation sites excluding steroid dienone is 8. The van der Waals surface area contributed by atoms with Crippen LogP contribution >= 0.6 is 0 Å². The Bertz CT molecular complexity index is 606. The molecule has 0 aromatic heterocycles. The topological polar surface area (TPSA) is 55.8 Å². The average Bonchev–Trinajstić information content (AvgIpc) is 2.92. The van der Waals surface area contributed by atoms with Crippen molar-refractivity contribution in [1.82, 2.24) is 0 Å². The minimum absolute atomic E-state index is 0.182. The van der Waals surface area contributed by atoms with Crippen molar-refractivity contribution in [3.05, 3.63) is 48.6 Å². The summed E-state index contributed by atoms with van der Waals surface area (Å²) in [6.07, 6.45) is 38.5. The summed E-state index contributed by atoms with van der Waals surface area (Å²) >= 11 is 0. The van der Waals surface area contributed by atoms with Crippen LogP contribution in [0.4, 0.5) is 0 Å². The van der Waals surface area contributed by atoms with Gasteiger partial charge in [-0.1, -0.05) is 127 Å². The lowest BCUT2D eigenvalue weighted by atomic mass is 10.1. The standard InChI is InChI=1S/C34H60O4/c1-3-5-7-9-11-13-14-15-16-17-18-19-20-21-23-25-27-29-34(36)38-33(31-35)32-37-30-28-26-24-22-12-10-8-6-4-2/h5,7,11,13,15-16,18-19,33,35H,3-4,6,8-10,12,14,17,20-32H2,1-2H3/b7-5-,13-11-,16-15-,19-18-. The van der Waals surface area contributed by atoms with E-state index in [1.807, 2.05) is 0 Å². The third kappa shape index (κ3) is 28.9. The molecule has 0 saturated heterocycles. The highest BCUT2D eigenvalue weighted by molar-refractivity contribution is 5.69. The normalized spacial score (nSPS) is 13.0. The van der Waals surface area contributed by atoms with E-state index >= 15 is 0 Å². The molecular formula is C34H60O4. The highest BCUT2D eigenvalue weighted by Gasteiger charge is 2.13. The molecule has 4 heteroatoms. The second-order valence-corrected chi connectivity index (χ2v) is 10.2. The molecule has 0 rings (SSSR count). The van der Waals surface area contributed by atoms with Crippen molar-refractivity contribution in [3.8, 4) is 0 Å². The average molecular weight is 533 g/mol. The van der Waals surface area contributed by atoms with Crippen molar-refractivity contribution >= 4 is 5.97 Å². The fourth-order valence-electron chi connectivity index (χ4n) is 4.08. The maximum Gasteiger partial charge on any atom is 0.306 e. The van der Waals surface area contributed by atoms with Crippen molar-refractivity contribution in [2.24, 2.45) is 0 Å². The number of ether oxygens (including phenoxy) is 2. The summed E-state index contributed by atoms with van der Waals surface area (Å²) in [6, 6.07) is 0. The van der Waals surface area contributed by atoms with Crippen LogP contribution in [-0.2, 0) is 14.3 Å². The molecule has 220 valence electrons. The lowest BCUT2D eigenvalue weighted by molar-refractivity contribution is -0.154. The molecule has 0 amide bonds. The van der Waals surface area contributed by atoms with Crippen LogP contribution in [-0.4, -0.2) is 37.0 Å². The number of unbranched alkanes of at least 4 members (excludes halogenated alkanes) is 12. The van der Waals surface area contributed by atoms with Gasteiger partial charge in [0.1, 0.15) is 6.10 Å².